The highest BCUT2D eigenvalue weighted by Crippen LogP contribution is 2.30. The first-order valence-electron chi connectivity index (χ1n) is 7.21. The summed E-state index contributed by atoms with van der Waals surface area (Å²) in [5.74, 6) is 0.671. The average molecular weight is 302 g/mol. The Hall–Kier alpha value is -1.43. The Labute approximate surface area is 123 Å². The number of piperazine rings is 1. The van der Waals surface area contributed by atoms with Crippen LogP contribution in [0.4, 0.5) is 18.9 Å². The van der Waals surface area contributed by atoms with Gasteiger partial charge in [-0.25, -0.2) is 0 Å². The van der Waals surface area contributed by atoms with Gasteiger partial charge in [-0.2, -0.15) is 13.2 Å². The number of ether oxygens (including phenoxy) is 1. The second kappa shape index (κ2) is 7.02. The van der Waals surface area contributed by atoms with Gasteiger partial charge in [-0.1, -0.05) is 6.07 Å². The molecule has 2 rings (SSSR count). The van der Waals surface area contributed by atoms with Gasteiger partial charge in [0.05, 0.1) is 12.3 Å². The zero-order valence-electron chi connectivity index (χ0n) is 12.2. The molecule has 0 aromatic heterocycles. The molecular formula is C15H21F3N2O. The SMILES string of the molecule is Cc1ccc(OCCCC(F)(F)F)c(N2CCNCC2)c1. The minimum atomic E-state index is -4.11. The molecule has 0 aliphatic carbocycles. The third-order valence-electron chi connectivity index (χ3n) is 3.43. The normalized spacial score (nSPS) is 16.1. The maximum Gasteiger partial charge on any atom is 0.389 e. The summed E-state index contributed by atoms with van der Waals surface area (Å²) in [7, 11) is 0. The van der Waals surface area contributed by atoms with Crippen LogP contribution in [0.1, 0.15) is 18.4 Å². The maximum atomic E-state index is 12.1. The number of anilines is 1. The summed E-state index contributed by atoms with van der Waals surface area (Å²) in [4.78, 5) is 2.21. The molecule has 1 aliphatic heterocycles. The smallest absolute Gasteiger partial charge is 0.389 e. The summed E-state index contributed by atoms with van der Waals surface area (Å²) >= 11 is 0. The van der Waals surface area contributed by atoms with Crippen LogP contribution in [0, 0.1) is 6.92 Å². The third kappa shape index (κ3) is 5.12. The lowest BCUT2D eigenvalue weighted by Crippen LogP contribution is -2.43. The molecule has 1 aromatic carbocycles. The van der Waals surface area contributed by atoms with Crippen LogP contribution in [0.3, 0.4) is 0 Å². The summed E-state index contributed by atoms with van der Waals surface area (Å²) in [6.45, 7) is 5.65. The first-order chi connectivity index (χ1) is 9.96. The fourth-order valence-corrected chi connectivity index (χ4v) is 2.36. The van der Waals surface area contributed by atoms with Gasteiger partial charge in [0, 0.05) is 32.6 Å². The van der Waals surface area contributed by atoms with Crippen molar-refractivity contribution in [2.75, 3.05) is 37.7 Å². The van der Waals surface area contributed by atoms with E-state index in [9.17, 15) is 13.2 Å². The number of nitrogens with one attached hydrogen (secondary N) is 1. The van der Waals surface area contributed by atoms with Crippen molar-refractivity contribution in [2.24, 2.45) is 0 Å². The van der Waals surface area contributed by atoms with Crippen molar-refractivity contribution in [2.45, 2.75) is 25.9 Å². The highest BCUT2D eigenvalue weighted by atomic mass is 19.4. The molecule has 1 N–H and O–H groups in total. The predicted octanol–water partition coefficient (Wildman–Crippen LogP) is 3.13. The number of nitrogens with zero attached hydrogens (tertiary/aromatic N) is 1. The summed E-state index contributed by atoms with van der Waals surface area (Å²) in [5.41, 5.74) is 2.09. The molecule has 1 heterocycles. The first-order valence-corrected chi connectivity index (χ1v) is 7.21. The van der Waals surface area contributed by atoms with Crippen LogP contribution in [0.15, 0.2) is 18.2 Å². The molecule has 21 heavy (non-hydrogen) atoms. The monoisotopic (exact) mass is 302 g/mol. The van der Waals surface area contributed by atoms with Gasteiger partial charge in [-0.05, 0) is 31.0 Å². The quantitative estimate of drug-likeness (QED) is 0.846. The number of hydrogen-bond donors (Lipinski definition) is 1. The zero-order valence-corrected chi connectivity index (χ0v) is 12.2. The van der Waals surface area contributed by atoms with Gasteiger partial charge in [-0.15, -0.1) is 0 Å². The van der Waals surface area contributed by atoms with Crippen molar-refractivity contribution in [3.05, 3.63) is 23.8 Å². The zero-order chi connectivity index (χ0) is 15.3. The lowest BCUT2D eigenvalue weighted by atomic mass is 10.1. The maximum absolute atomic E-state index is 12.1. The Kier molecular flexibility index (Phi) is 5.33. The van der Waals surface area contributed by atoms with Gasteiger partial charge in [0.15, 0.2) is 0 Å². The molecule has 0 bridgehead atoms. The Morgan fingerprint density at radius 1 is 1.24 bits per heavy atom. The second-order valence-corrected chi connectivity index (χ2v) is 5.28. The average Bonchev–Trinajstić information content (AvgIpc) is 2.45. The van der Waals surface area contributed by atoms with Gasteiger partial charge >= 0.3 is 6.18 Å². The second-order valence-electron chi connectivity index (χ2n) is 5.28. The molecule has 0 saturated carbocycles. The van der Waals surface area contributed by atoms with E-state index in [1.54, 1.807) is 0 Å². The lowest BCUT2D eigenvalue weighted by Gasteiger charge is -2.31. The first kappa shape index (κ1) is 15.9. The fourth-order valence-electron chi connectivity index (χ4n) is 2.36. The van der Waals surface area contributed by atoms with E-state index < -0.39 is 12.6 Å². The molecule has 1 saturated heterocycles. The van der Waals surface area contributed by atoms with Gasteiger partial charge in [0.2, 0.25) is 0 Å². The molecule has 0 spiro atoms. The summed E-state index contributed by atoms with van der Waals surface area (Å²) < 4.78 is 42.0. The van der Waals surface area contributed by atoms with Gasteiger partial charge in [0.25, 0.3) is 0 Å². The number of hydrogen-bond acceptors (Lipinski definition) is 3. The lowest BCUT2D eigenvalue weighted by molar-refractivity contribution is -0.136. The van der Waals surface area contributed by atoms with Crippen LogP contribution in [0.2, 0.25) is 0 Å². The fraction of sp³-hybridized carbons (Fsp3) is 0.600. The van der Waals surface area contributed by atoms with E-state index in [-0.39, 0.29) is 13.0 Å². The van der Waals surface area contributed by atoms with E-state index in [4.69, 9.17) is 4.74 Å². The summed E-state index contributed by atoms with van der Waals surface area (Å²) in [6.07, 6.45) is -4.93. The van der Waals surface area contributed by atoms with E-state index in [0.29, 0.717) is 5.75 Å². The van der Waals surface area contributed by atoms with Crippen LogP contribution in [0.25, 0.3) is 0 Å². The molecule has 0 unspecified atom stereocenters. The molecule has 1 aliphatic rings. The summed E-state index contributed by atoms with van der Waals surface area (Å²) in [6, 6.07) is 5.80. The Bertz CT molecular complexity index is 457. The van der Waals surface area contributed by atoms with E-state index in [1.165, 1.54) is 0 Å². The topological polar surface area (TPSA) is 24.5 Å². The largest absolute Gasteiger partial charge is 0.491 e. The van der Waals surface area contributed by atoms with Crippen molar-refractivity contribution >= 4 is 5.69 Å². The van der Waals surface area contributed by atoms with Crippen LogP contribution in [-0.2, 0) is 0 Å². The van der Waals surface area contributed by atoms with Crippen molar-refractivity contribution in [3.8, 4) is 5.75 Å². The highest BCUT2D eigenvalue weighted by molar-refractivity contribution is 5.60. The van der Waals surface area contributed by atoms with E-state index in [1.807, 2.05) is 25.1 Å². The van der Waals surface area contributed by atoms with E-state index in [0.717, 1.165) is 37.4 Å². The highest BCUT2D eigenvalue weighted by Gasteiger charge is 2.26. The van der Waals surface area contributed by atoms with Crippen molar-refractivity contribution in [1.29, 1.82) is 0 Å². The van der Waals surface area contributed by atoms with E-state index >= 15 is 0 Å². The predicted molar refractivity (Wildman–Crippen MR) is 77.0 cm³/mol. The third-order valence-corrected chi connectivity index (χ3v) is 3.43. The van der Waals surface area contributed by atoms with Crippen molar-refractivity contribution < 1.29 is 17.9 Å². The molecule has 1 aromatic rings. The number of halogens is 3. The minimum absolute atomic E-state index is 0.0155. The Morgan fingerprint density at radius 3 is 2.62 bits per heavy atom. The van der Waals surface area contributed by atoms with Gasteiger partial charge in [0.1, 0.15) is 5.75 Å². The number of aryl methyl sites for hydroxylation is 1. The molecule has 0 radical (unpaired) electrons. The molecule has 0 atom stereocenters. The molecular weight excluding hydrogens is 281 g/mol. The van der Waals surface area contributed by atoms with E-state index in [2.05, 4.69) is 10.2 Å². The van der Waals surface area contributed by atoms with Crippen molar-refractivity contribution in [3.63, 3.8) is 0 Å². The number of benzene rings is 1. The number of alkyl halides is 3. The molecule has 3 nitrogen and oxygen atoms in total. The van der Waals surface area contributed by atoms with Crippen LogP contribution < -0.4 is 15.0 Å². The minimum Gasteiger partial charge on any atom is -0.491 e. The molecule has 1 fully saturated rings. The Balaban J connectivity index is 1.98. The van der Waals surface area contributed by atoms with Crippen LogP contribution in [-0.4, -0.2) is 39.0 Å². The van der Waals surface area contributed by atoms with Crippen LogP contribution in [0.5, 0.6) is 5.75 Å². The Morgan fingerprint density at radius 2 is 1.95 bits per heavy atom. The summed E-state index contributed by atoms with van der Waals surface area (Å²) in [5, 5.41) is 3.28. The van der Waals surface area contributed by atoms with Gasteiger partial charge in [-0.3, -0.25) is 0 Å². The van der Waals surface area contributed by atoms with Crippen LogP contribution >= 0.6 is 0 Å². The molecule has 118 valence electrons. The van der Waals surface area contributed by atoms with Crippen molar-refractivity contribution in [1.82, 2.24) is 5.32 Å². The molecule has 0 amide bonds. The number of rotatable bonds is 5. The van der Waals surface area contributed by atoms with Gasteiger partial charge < -0.3 is 15.0 Å². The standard InChI is InChI=1S/C15H21F3N2O/c1-12-3-4-14(21-10-2-5-15(16,17)18)13(11-12)20-8-6-19-7-9-20/h3-4,11,19H,2,5-10H2,1H3. The molecule has 6 heteroatoms.